The van der Waals surface area contributed by atoms with Crippen molar-refractivity contribution in [2.45, 2.75) is 96.3 Å². The maximum atomic E-state index is 5.51. The van der Waals surface area contributed by atoms with Gasteiger partial charge in [-0.15, -0.1) is 0 Å². The third-order valence-electron chi connectivity index (χ3n) is 5.37. The summed E-state index contributed by atoms with van der Waals surface area (Å²) in [5, 5.41) is 0. The number of hydrogen-bond donors (Lipinski definition) is 1. The van der Waals surface area contributed by atoms with E-state index in [4.69, 9.17) is 15.2 Å². The maximum absolute atomic E-state index is 5.51. The van der Waals surface area contributed by atoms with Gasteiger partial charge in [0.1, 0.15) is 0 Å². The minimum atomic E-state index is 0.813. The Labute approximate surface area is 168 Å². The van der Waals surface area contributed by atoms with Crippen LogP contribution in [0.15, 0.2) is 18.2 Å². The minimum Gasteiger partial charge on any atom is -0.493 e. The average Bonchev–Trinajstić information content (AvgIpc) is 2.70. The fourth-order valence-electron chi connectivity index (χ4n) is 3.63. The monoisotopic (exact) mass is 377 g/mol. The lowest BCUT2D eigenvalue weighted by Crippen LogP contribution is -1.97. The molecule has 0 heterocycles. The highest BCUT2D eigenvalue weighted by atomic mass is 16.5. The Morgan fingerprint density at radius 1 is 0.593 bits per heavy atom. The molecular weight excluding hydrogens is 334 g/mol. The van der Waals surface area contributed by atoms with Gasteiger partial charge >= 0.3 is 0 Å². The van der Waals surface area contributed by atoms with Gasteiger partial charge in [0.2, 0.25) is 0 Å². The Morgan fingerprint density at radius 3 is 1.48 bits per heavy atom. The molecule has 0 saturated carbocycles. The zero-order valence-corrected chi connectivity index (χ0v) is 17.9. The van der Waals surface area contributed by atoms with E-state index in [1.165, 1.54) is 95.5 Å². The van der Waals surface area contributed by atoms with Crippen LogP contribution >= 0.6 is 0 Å². The van der Waals surface area contributed by atoms with Crippen LogP contribution in [0.2, 0.25) is 0 Å². The summed E-state index contributed by atoms with van der Waals surface area (Å²) in [5.41, 5.74) is 6.86. The van der Waals surface area contributed by atoms with Gasteiger partial charge in [-0.3, -0.25) is 0 Å². The predicted octanol–water partition coefficient (Wildman–Crippen LogP) is 6.67. The highest BCUT2D eigenvalue weighted by Gasteiger charge is 2.04. The van der Waals surface area contributed by atoms with Crippen LogP contribution < -0.4 is 15.2 Å². The standard InChI is InChI=1S/C24H43NO2/c1-26-23-19-18-22(21-24(23)27-2)17-15-13-11-9-7-5-3-4-6-8-10-12-14-16-20-25/h18-19,21H,3-17,20,25H2,1-2H3. The molecular formula is C24H43NO2. The maximum Gasteiger partial charge on any atom is 0.160 e. The zero-order valence-electron chi connectivity index (χ0n) is 17.9. The van der Waals surface area contributed by atoms with Crippen molar-refractivity contribution >= 4 is 0 Å². The van der Waals surface area contributed by atoms with Crippen molar-refractivity contribution in [3.8, 4) is 11.5 Å². The van der Waals surface area contributed by atoms with Crippen molar-refractivity contribution in [2.24, 2.45) is 5.73 Å². The lowest BCUT2D eigenvalue weighted by Gasteiger charge is -2.09. The number of rotatable bonds is 18. The fourth-order valence-corrected chi connectivity index (χ4v) is 3.63. The summed E-state index contributed by atoms with van der Waals surface area (Å²) >= 11 is 0. The lowest BCUT2D eigenvalue weighted by atomic mass is 10.0. The average molecular weight is 378 g/mol. The van der Waals surface area contributed by atoms with E-state index in [1.54, 1.807) is 14.2 Å². The van der Waals surface area contributed by atoms with Crippen molar-refractivity contribution in [3.05, 3.63) is 23.8 Å². The van der Waals surface area contributed by atoms with Gasteiger partial charge in [0, 0.05) is 0 Å². The highest BCUT2D eigenvalue weighted by Crippen LogP contribution is 2.28. The van der Waals surface area contributed by atoms with E-state index >= 15 is 0 Å². The molecule has 27 heavy (non-hydrogen) atoms. The molecule has 0 aliphatic carbocycles. The summed E-state index contributed by atoms with van der Waals surface area (Å²) < 4.78 is 10.7. The largest absolute Gasteiger partial charge is 0.493 e. The fraction of sp³-hybridized carbons (Fsp3) is 0.750. The Balaban J connectivity index is 1.89. The summed E-state index contributed by atoms with van der Waals surface area (Å²) in [6.07, 6.45) is 20.3. The molecule has 0 aliphatic rings. The van der Waals surface area contributed by atoms with Gasteiger partial charge in [0.25, 0.3) is 0 Å². The number of aryl methyl sites for hydroxylation is 1. The van der Waals surface area contributed by atoms with Gasteiger partial charge in [-0.05, 0) is 43.5 Å². The lowest BCUT2D eigenvalue weighted by molar-refractivity contribution is 0.354. The number of ether oxygens (including phenoxy) is 2. The molecule has 0 radical (unpaired) electrons. The summed E-state index contributed by atoms with van der Waals surface area (Å²) in [6.45, 7) is 0.857. The molecule has 156 valence electrons. The molecule has 3 heteroatoms. The molecule has 0 saturated heterocycles. The van der Waals surface area contributed by atoms with Crippen LogP contribution in [0, 0.1) is 0 Å². The molecule has 3 nitrogen and oxygen atoms in total. The van der Waals surface area contributed by atoms with E-state index < -0.39 is 0 Å². The molecule has 0 unspecified atom stereocenters. The summed E-state index contributed by atoms with van der Waals surface area (Å²) in [5.74, 6) is 1.65. The van der Waals surface area contributed by atoms with Gasteiger partial charge in [0.15, 0.2) is 11.5 Å². The summed E-state index contributed by atoms with van der Waals surface area (Å²) in [4.78, 5) is 0. The zero-order chi connectivity index (χ0) is 19.6. The minimum absolute atomic E-state index is 0.813. The quantitative estimate of drug-likeness (QED) is 0.291. The first-order valence-electron chi connectivity index (χ1n) is 11.2. The molecule has 1 rings (SSSR count). The Bertz CT molecular complexity index is 462. The van der Waals surface area contributed by atoms with Crippen LogP contribution in [-0.4, -0.2) is 20.8 Å². The molecule has 1 aromatic rings. The number of nitrogens with two attached hydrogens (primary N) is 1. The summed E-state index contributed by atoms with van der Waals surface area (Å²) in [7, 11) is 3.38. The molecule has 2 N–H and O–H groups in total. The second-order valence-corrected chi connectivity index (χ2v) is 7.68. The van der Waals surface area contributed by atoms with Gasteiger partial charge < -0.3 is 15.2 Å². The molecule has 0 spiro atoms. The van der Waals surface area contributed by atoms with Gasteiger partial charge in [-0.2, -0.15) is 0 Å². The smallest absolute Gasteiger partial charge is 0.160 e. The topological polar surface area (TPSA) is 44.5 Å². The van der Waals surface area contributed by atoms with Crippen LogP contribution in [0.25, 0.3) is 0 Å². The molecule has 0 aliphatic heterocycles. The van der Waals surface area contributed by atoms with Gasteiger partial charge in [-0.1, -0.05) is 83.1 Å². The second kappa shape index (κ2) is 16.9. The van der Waals surface area contributed by atoms with Crippen LogP contribution in [0.1, 0.15) is 95.5 Å². The molecule has 0 fully saturated rings. The van der Waals surface area contributed by atoms with Crippen LogP contribution in [0.5, 0.6) is 11.5 Å². The van der Waals surface area contributed by atoms with E-state index in [9.17, 15) is 0 Å². The Kier molecular flexibility index (Phi) is 14.9. The molecule has 0 amide bonds. The van der Waals surface area contributed by atoms with E-state index in [0.717, 1.165) is 24.5 Å². The first-order chi connectivity index (χ1) is 13.3. The first kappa shape index (κ1) is 23.8. The number of benzene rings is 1. The van der Waals surface area contributed by atoms with Crippen LogP contribution in [-0.2, 0) is 6.42 Å². The number of unbranched alkanes of at least 4 members (excludes halogenated alkanes) is 13. The van der Waals surface area contributed by atoms with Crippen molar-refractivity contribution in [3.63, 3.8) is 0 Å². The Morgan fingerprint density at radius 2 is 1.04 bits per heavy atom. The van der Waals surface area contributed by atoms with Crippen molar-refractivity contribution in [2.75, 3.05) is 20.8 Å². The second-order valence-electron chi connectivity index (χ2n) is 7.68. The third-order valence-corrected chi connectivity index (χ3v) is 5.37. The number of hydrogen-bond acceptors (Lipinski definition) is 3. The van der Waals surface area contributed by atoms with Gasteiger partial charge in [0.05, 0.1) is 14.2 Å². The van der Waals surface area contributed by atoms with Crippen LogP contribution in [0.4, 0.5) is 0 Å². The SMILES string of the molecule is COc1ccc(CCCCCCCCCCCCCCCCN)cc1OC. The van der Waals surface area contributed by atoms with Crippen molar-refractivity contribution < 1.29 is 9.47 Å². The highest BCUT2D eigenvalue weighted by molar-refractivity contribution is 5.42. The van der Waals surface area contributed by atoms with E-state index in [-0.39, 0.29) is 0 Å². The molecule has 1 aromatic carbocycles. The molecule has 0 aromatic heterocycles. The molecule has 0 atom stereocenters. The van der Waals surface area contributed by atoms with Crippen molar-refractivity contribution in [1.82, 2.24) is 0 Å². The van der Waals surface area contributed by atoms with Crippen molar-refractivity contribution in [1.29, 1.82) is 0 Å². The first-order valence-corrected chi connectivity index (χ1v) is 11.2. The van der Waals surface area contributed by atoms with E-state index in [0.29, 0.717) is 0 Å². The van der Waals surface area contributed by atoms with E-state index in [1.807, 2.05) is 6.07 Å². The normalized spacial score (nSPS) is 10.9. The van der Waals surface area contributed by atoms with E-state index in [2.05, 4.69) is 12.1 Å². The van der Waals surface area contributed by atoms with Crippen LogP contribution in [0.3, 0.4) is 0 Å². The van der Waals surface area contributed by atoms with Gasteiger partial charge in [-0.25, -0.2) is 0 Å². The summed E-state index contributed by atoms with van der Waals surface area (Å²) in [6, 6.07) is 6.27. The predicted molar refractivity (Wildman–Crippen MR) is 117 cm³/mol. The number of methoxy groups -OCH3 is 2. The Hall–Kier alpha value is -1.22. The molecule has 0 bridgehead atoms. The third kappa shape index (κ3) is 12.0.